The summed E-state index contributed by atoms with van der Waals surface area (Å²) in [6.07, 6.45) is -0.245. The Balaban J connectivity index is 1.55. The lowest BCUT2D eigenvalue weighted by atomic mass is 9.71. The third kappa shape index (κ3) is 7.88. The standard InChI is InChI=1S/C25H38N4O14S/c1-8-28-21(33)29(17-9-10-25(17,28)18(30)27-38-12-11-26-20(32)42-23(3,4)5)43-44(35,36)39-14-24(6,7)19(31)37-13-16-15(2)40-22(34)41-16/h17H,8-14H2,1-7H3,(H,26,32)(H,27,30)/t17-,25+/m1/s1. The molecule has 2 aliphatic rings. The van der Waals surface area contributed by atoms with Crippen molar-refractivity contribution in [3.63, 3.8) is 0 Å². The number of aryl methyl sites for hydroxylation is 1. The normalized spacial score (nSPS) is 20.2. The van der Waals surface area contributed by atoms with Crippen LogP contribution in [-0.2, 0) is 49.4 Å². The van der Waals surface area contributed by atoms with Crippen molar-refractivity contribution in [1.29, 1.82) is 0 Å². The van der Waals surface area contributed by atoms with Crippen LogP contribution in [0.1, 0.15) is 65.9 Å². The van der Waals surface area contributed by atoms with Gasteiger partial charge in [-0.25, -0.2) is 24.0 Å². The van der Waals surface area contributed by atoms with E-state index in [9.17, 15) is 32.4 Å². The molecule has 2 fully saturated rings. The zero-order chi connectivity index (χ0) is 33.1. The molecule has 1 aromatic heterocycles. The summed E-state index contributed by atoms with van der Waals surface area (Å²) in [6.45, 7) is 9.60. The molecule has 0 bridgehead atoms. The lowest BCUT2D eigenvalue weighted by Crippen LogP contribution is -2.67. The number of esters is 1. The number of nitrogens with one attached hydrogen (secondary N) is 2. The fourth-order valence-corrected chi connectivity index (χ4v) is 5.29. The van der Waals surface area contributed by atoms with E-state index in [1.54, 1.807) is 27.7 Å². The first-order chi connectivity index (χ1) is 20.3. The third-order valence-corrected chi connectivity index (χ3v) is 7.49. The molecule has 3 rings (SSSR count). The number of rotatable bonds is 14. The van der Waals surface area contributed by atoms with Gasteiger partial charge in [0.15, 0.2) is 18.1 Å². The fourth-order valence-electron chi connectivity index (χ4n) is 4.44. The second kappa shape index (κ2) is 13.1. The number of amides is 4. The van der Waals surface area contributed by atoms with Gasteiger partial charge in [0, 0.05) is 13.1 Å². The van der Waals surface area contributed by atoms with E-state index in [4.69, 9.17) is 27.2 Å². The zero-order valence-electron chi connectivity index (χ0n) is 25.5. The summed E-state index contributed by atoms with van der Waals surface area (Å²) in [4.78, 5) is 68.0. The molecule has 1 aliphatic heterocycles. The van der Waals surface area contributed by atoms with Crippen LogP contribution in [0, 0.1) is 12.3 Å². The number of alkyl carbamates (subject to hydrolysis) is 1. The van der Waals surface area contributed by atoms with Gasteiger partial charge in [0.25, 0.3) is 5.91 Å². The first-order valence-corrected chi connectivity index (χ1v) is 15.0. The minimum absolute atomic E-state index is 0.0100. The Kier molecular flexibility index (Phi) is 10.4. The van der Waals surface area contributed by atoms with E-state index in [1.165, 1.54) is 20.8 Å². The van der Waals surface area contributed by atoms with Crippen LogP contribution in [0.3, 0.4) is 0 Å². The van der Waals surface area contributed by atoms with Crippen molar-refractivity contribution >= 4 is 34.4 Å². The Labute approximate surface area is 253 Å². The second-order valence-corrected chi connectivity index (χ2v) is 12.9. The molecule has 0 aromatic carbocycles. The number of carbonyl (C=O) groups is 4. The quantitative estimate of drug-likeness (QED) is 0.163. The Morgan fingerprint density at radius 2 is 1.80 bits per heavy atom. The lowest BCUT2D eigenvalue weighted by Gasteiger charge is -2.46. The van der Waals surface area contributed by atoms with E-state index in [2.05, 4.69) is 15.2 Å². The Hall–Kier alpha value is -3.68. The maximum atomic E-state index is 13.2. The van der Waals surface area contributed by atoms with E-state index in [0.29, 0.717) is 5.06 Å². The Morgan fingerprint density at radius 3 is 2.34 bits per heavy atom. The highest BCUT2D eigenvalue weighted by molar-refractivity contribution is 7.81. The predicted molar refractivity (Wildman–Crippen MR) is 145 cm³/mol. The highest BCUT2D eigenvalue weighted by Crippen LogP contribution is 2.48. The Morgan fingerprint density at radius 1 is 1.11 bits per heavy atom. The van der Waals surface area contributed by atoms with Gasteiger partial charge in [-0.1, -0.05) is 0 Å². The Bertz CT molecular complexity index is 1410. The number of hydroxylamine groups is 3. The largest absolute Gasteiger partial charge is 0.519 e. The molecule has 1 saturated heterocycles. The minimum atomic E-state index is -4.91. The first kappa shape index (κ1) is 34.8. The first-order valence-electron chi connectivity index (χ1n) is 13.7. The monoisotopic (exact) mass is 650 g/mol. The maximum absolute atomic E-state index is 13.2. The summed E-state index contributed by atoms with van der Waals surface area (Å²) in [5, 5.41) is 3.02. The number of fused-ring (bicyclic) bond motifs is 1. The number of ether oxygens (including phenoxy) is 2. The van der Waals surface area contributed by atoms with Gasteiger partial charge in [0.1, 0.15) is 11.1 Å². The van der Waals surface area contributed by atoms with Crippen LogP contribution in [0.5, 0.6) is 0 Å². The fraction of sp³-hybridized carbons (Fsp3) is 0.720. The van der Waals surface area contributed by atoms with Crippen LogP contribution >= 0.6 is 0 Å². The SMILES string of the molecule is CCN1C(=O)N(OS(=O)(=O)OCC(C)(C)C(=O)OCc2oc(=O)oc2C)[C@@H]2CC[C@@]21C(=O)NOCCNC(=O)OC(C)(C)C. The van der Waals surface area contributed by atoms with Gasteiger partial charge in [-0.05, 0) is 61.3 Å². The summed E-state index contributed by atoms with van der Waals surface area (Å²) in [6, 6.07) is -1.89. The number of hydrogen-bond donors (Lipinski definition) is 2. The molecule has 0 radical (unpaired) electrons. The molecule has 44 heavy (non-hydrogen) atoms. The van der Waals surface area contributed by atoms with Crippen molar-refractivity contribution in [1.82, 2.24) is 20.8 Å². The molecule has 1 aliphatic carbocycles. The zero-order valence-corrected chi connectivity index (χ0v) is 26.4. The number of hydrogen-bond acceptors (Lipinski definition) is 14. The second-order valence-electron chi connectivity index (χ2n) is 11.7. The summed E-state index contributed by atoms with van der Waals surface area (Å²) >= 11 is 0. The smallest absolute Gasteiger partial charge is 0.457 e. The molecule has 2 N–H and O–H groups in total. The average molecular weight is 651 g/mol. The van der Waals surface area contributed by atoms with Crippen molar-refractivity contribution in [2.24, 2.45) is 5.41 Å². The van der Waals surface area contributed by atoms with Gasteiger partial charge in [-0.15, -0.1) is 4.28 Å². The third-order valence-electron chi connectivity index (χ3n) is 6.74. The van der Waals surface area contributed by atoms with Crippen LogP contribution < -0.4 is 16.6 Å². The average Bonchev–Trinajstić information content (AvgIpc) is 3.29. The molecule has 2 atom stereocenters. The molecule has 248 valence electrons. The van der Waals surface area contributed by atoms with Crippen LogP contribution in [-0.4, -0.2) is 85.9 Å². The molecule has 18 nitrogen and oxygen atoms in total. The number of nitrogens with zero attached hydrogens (tertiary/aromatic N) is 2. The predicted octanol–water partition coefficient (Wildman–Crippen LogP) is 1.03. The summed E-state index contributed by atoms with van der Waals surface area (Å²) < 4.78 is 54.9. The van der Waals surface area contributed by atoms with E-state index in [1.807, 2.05) is 0 Å². The van der Waals surface area contributed by atoms with Crippen molar-refractivity contribution in [3.05, 3.63) is 22.1 Å². The summed E-state index contributed by atoms with van der Waals surface area (Å²) in [5.41, 5.74) is -1.44. The van der Waals surface area contributed by atoms with Gasteiger partial charge >= 0.3 is 34.3 Å². The molecular formula is C25H38N4O14S. The molecule has 0 spiro atoms. The van der Waals surface area contributed by atoms with Crippen LogP contribution in [0.15, 0.2) is 13.6 Å². The minimum Gasteiger partial charge on any atom is -0.457 e. The van der Waals surface area contributed by atoms with Crippen LogP contribution in [0.2, 0.25) is 0 Å². The van der Waals surface area contributed by atoms with E-state index < -0.39 is 76.0 Å². The van der Waals surface area contributed by atoms with Crippen molar-refractivity contribution in [2.45, 2.75) is 85.1 Å². The van der Waals surface area contributed by atoms with Crippen molar-refractivity contribution in [2.75, 3.05) is 26.3 Å². The summed E-state index contributed by atoms with van der Waals surface area (Å²) in [7, 11) is -4.91. The molecule has 19 heteroatoms. The number of likely N-dealkylation sites (N-methyl/N-ethyl adjacent to an activating group) is 1. The molecule has 4 amide bonds. The van der Waals surface area contributed by atoms with Crippen LogP contribution in [0.4, 0.5) is 9.59 Å². The molecule has 2 heterocycles. The van der Waals surface area contributed by atoms with Gasteiger partial charge in [0.05, 0.1) is 24.7 Å². The van der Waals surface area contributed by atoms with Crippen LogP contribution in [0.25, 0.3) is 0 Å². The van der Waals surface area contributed by atoms with Gasteiger partial charge in [0.2, 0.25) is 0 Å². The molecule has 1 saturated carbocycles. The lowest BCUT2D eigenvalue weighted by molar-refractivity contribution is -0.159. The van der Waals surface area contributed by atoms with Gasteiger partial charge < -0.3 is 28.5 Å². The molecule has 0 unspecified atom stereocenters. The summed E-state index contributed by atoms with van der Waals surface area (Å²) in [5.74, 6) is -2.46. The topological polar surface area (TPSA) is 222 Å². The van der Waals surface area contributed by atoms with Gasteiger partial charge in [-0.3, -0.25) is 14.4 Å². The number of carbonyl (C=O) groups excluding carboxylic acids is 4. The van der Waals surface area contributed by atoms with Crippen molar-refractivity contribution in [3.8, 4) is 0 Å². The molecule has 1 aromatic rings. The van der Waals surface area contributed by atoms with E-state index >= 15 is 0 Å². The highest BCUT2D eigenvalue weighted by atomic mass is 32.3. The van der Waals surface area contributed by atoms with E-state index in [-0.39, 0.29) is 44.1 Å². The number of urea groups is 1. The highest BCUT2D eigenvalue weighted by Gasteiger charge is 2.68. The van der Waals surface area contributed by atoms with Gasteiger partial charge in [-0.2, -0.15) is 13.5 Å². The van der Waals surface area contributed by atoms with Crippen molar-refractivity contribution < 1.29 is 59.2 Å². The van der Waals surface area contributed by atoms with E-state index in [0.717, 1.165) is 4.90 Å². The maximum Gasteiger partial charge on any atom is 0.519 e. The molecular weight excluding hydrogens is 612 g/mol.